The first-order chi connectivity index (χ1) is 11.6. The van der Waals surface area contributed by atoms with Crippen LogP contribution in [-0.4, -0.2) is 48.8 Å². The topological polar surface area (TPSA) is 59.9 Å². The first-order valence-corrected chi connectivity index (χ1v) is 9.02. The second-order valence-electron chi connectivity index (χ2n) is 6.90. The van der Waals surface area contributed by atoms with Crippen molar-refractivity contribution in [1.82, 2.24) is 15.5 Å². The van der Waals surface area contributed by atoms with Crippen LogP contribution in [0.1, 0.15) is 43.7 Å². The standard InChI is InChI=1S/C19H32N4O/c1-4-20-19(22-17-8-10-18(24)11-9-17)21-13-15-6-5-7-16(12-15)14-23(2)3/h5-7,12,17-18,24H,4,8-11,13-14H2,1-3H3,(H2,20,21,22). The first-order valence-electron chi connectivity index (χ1n) is 9.02. The van der Waals surface area contributed by atoms with Crippen molar-refractivity contribution in [3.05, 3.63) is 35.4 Å². The molecule has 1 aliphatic rings. The summed E-state index contributed by atoms with van der Waals surface area (Å²) in [5.74, 6) is 0.872. The van der Waals surface area contributed by atoms with Crippen LogP contribution in [0, 0.1) is 0 Å². The number of rotatable bonds is 6. The van der Waals surface area contributed by atoms with E-state index in [1.165, 1.54) is 11.1 Å². The zero-order chi connectivity index (χ0) is 17.4. The van der Waals surface area contributed by atoms with Crippen LogP contribution in [0.25, 0.3) is 0 Å². The van der Waals surface area contributed by atoms with Gasteiger partial charge in [0.05, 0.1) is 12.6 Å². The van der Waals surface area contributed by atoms with Crippen LogP contribution in [0.5, 0.6) is 0 Å². The summed E-state index contributed by atoms with van der Waals surface area (Å²) in [6, 6.07) is 9.02. The Bertz CT molecular complexity index is 522. The molecule has 0 bridgehead atoms. The van der Waals surface area contributed by atoms with Crippen molar-refractivity contribution in [2.24, 2.45) is 4.99 Å². The molecule has 0 aliphatic heterocycles. The van der Waals surface area contributed by atoms with Crippen molar-refractivity contribution in [3.63, 3.8) is 0 Å². The summed E-state index contributed by atoms with van der Waals surface area (Å²) in [5.41, 5.74) is 2.54. The molecule has 0 heterocycles. The van der Waals surface area contributed by atoms with Crippen molar-refractivity contribution >= 4 is 5.96 Å². The molecule has 0 saturated heterocycles. The Balaban J connectivity index is 1.95. The van der Waals surface area contributed by atoms with Crippen LogP contribution < -0.4 is 10.6 Å². The van der Waals surface area contributed by atoms with E-state index in [0.717, 1.165) is 44.7 Å². The smallest absolute Gasteiger partial charge is 0.191 e. The van der Waals surface area contributed by atoms with Crippen LogP contribution in [0.2, 0.25) is 0 Å². The van der Waals surface area contributed by atoms with Crippen molar-refractivity contribution in [3.8, 4) is 0 Å². The van der Waals surface area contributed by atoms with Gasteiger partial charge in [-0.05, 0) is 57.8 Å². The van der Waals surface area contributed by atoms with Gasteiger partial charge in [-0.1, -0.05) is 24.3 Å². The SMILES string of the molecule is CCNC(=NCc1cccc(CN(C)C)c1)NC1CCC(O)CC1. The van der Waals surface area contributed by atoms with E-state index in [1.54, 1.807) is 0 Å². The summed E-state index contributed by atoms with van der Waals surface area (Å²) < 4.78 is 0. The number of guanidine groups is 1. The zero-order valence-electron chi connectivity index (χ0n) is 15.3. The van der Waals surface area contributed by atoms with Crippen molar-refractivity contribution in [2.45, 2.75) is 57.8 Å². The summed E-state index contributed by atoms with van der Waals surface area (Å²) in [6.07, 6.45) is 3.64. The number of nitrogens with one attached hydrogen (secondary N) is 2. The lowest BCUT2D eigenvalue weighted by Crippen LogP contribution is -2.45. The number of hydrogen-bond acceptors (Lipinski definition) is 3. The Morgan fingerprint density at radius 3 is 2.58 bits per heavy atom. The lowest BCUT2D eigenvalue weighted by atomic mass is 9.93. The first kappa shape index (κ1) is 18.7. The van der Waals surface area contributed by atoms with E-state index < -0.39 is 0 Å². The summed E-state index contributed by atoms with van der Waals surface area (Å²) >= 11 is 0. The molecule has 0 unspecified atom stereocenters. The number of nitrogens with zero attached hydrogens (tertiary/aromatic N) is 2. The van der Waals surface area contributed by atoms with Gasteiger partial charge in [-0.3, -0.25) is 0 Å². The van der Waals surface area contributed by atoms with Gasteiger partial charge in [0.25, 0.3) is 0 Å². The third-order valence-electron chi connectivity index (χ3n) is 4.29. The Labute approximate surface area is 146 Å². The number of aliphatic hydroxyl groups excluding tert-OH is 1. The molecule has 3 N–H and O–H groups in total. The molecule has 1 fully saturated rings. The van der Waals surface area contributed by atoms with Gasteiger partial charge in [-0.15, -0.1) is 0 Å². The monoisotopic (exact) mass is 332 g/mol. The highest BCUT2D eigenvalue weighted by Crippen LogP contribution is 2.18. The maximum atomic E-state index is 9.63. The van der Waals surface area contributed by atoms with Gasteiger partial charge in [0, 0.05) is 19.1 Å². The predicted octanol–water partition coefficient (Wildman–Crippen LogP) is 2.11. The van der Waals surface area contributed by atoms with Gasteiger partial charge in [-0.2, -0.15) is 0 Å². The molecule has 2 rings (SSSR count). The van der Waals surface area contributed by atoms with E-state index in [9.17, 15) is 5.11 Å². The minimum atomic E-state index is -0.123. The molecule has 5 nitrogen and oxygen atoms in total. The number of aliphatic hydroxyl groups is 1. The van der Waals surface area contributed by atoms with Gasteiger partial charge >= 0.3 is 0 Å². The van der Waals surface area contributed by atoms with E-state index in [1.807, 2.05) is 0 Å². The minimum absolute atomic E-state index is 0.123. The molecule has 0 radical (unpaired) electrons. The molecular weight excluding hydrogens is 300 g/mol. The number of aliphatic imine (C=N–C) groups is 1. The van der Waals surface area contributed by atoms with Gasteiger partial charge < -0.3 is 20.6 Å². The third-order valence-corrected chi connectivity index (χ3v) is 4.29. The average Bonchev–Trinajstić information content (AvgIpc) is 2.55. The highest BCUT2D eigenvalue weighted by Gasteiger charge is 2.19. The predicted molar refractivity (Wildman–Crippen MR) is 100 cm³/mol. The highest BCUT2D eigenvalue weighted by molar-refractivity contribution is 5.80. The van der Waals surface area contributed by atoms with Crippen LogP contribution >= 0.6 is 0 Å². The Hall–Kier alpha value is -1.59. The fourth-order valence-corrected chi connectivity index (χ4v) is 3.10. The molecule has 1 aromatic carbocycles. The second-order valence-corrected chi connectivity index (χ2v) is 6.90. The molecule has 134 valence electrons. The molecule has 0 atom stereocenters. The average molecular weight is 332 g/mol. The van der Waals surface area contributed by atoms with Gasteiger partial charge in [-0.25, -0.2) is 4.99 Å². The lowest BCUT2D eigenvalue weighted by Gasteiger charge is -2.27. The van der Waals surface area contributed by atoms with E-state index in [-0.39, 0.29) is 6.10 Å². The van der Waals surface area contributed by atoms with Crippen LogP contribution in [0.15, 0.2) is 29.3 Å². The molecule has 5 heteroatoms. The van der Waals surface area contributed by atoms with E-state index >= 15 is 0 Å². The summed E-state index contributed by atoms with van der Waals surface area (Å²) in [7, 11) is 4.16. The molecule has 1 aromatic rings. The van der Waals surface area contributed by atoms with E-state index in [0.29, 0.717) is 12.6 Å². The third kappa shape index (κ3) is 6.49. The van der Waals surface area contributed by atoms with Gasteiger partial charge in [0.2, 0.25) is 0 Å². The van der Waals surface area contributed by atoms with E-state index in [2.05, 4.69) is 60.8 Å². The van der Waals surface area contributed by atoms with Crippen LogP contribution in [-0.2, 0) is 13.1 Å². The van der Waals surface area contributed by atoms with Gasteiger partial charge in [0.1, 0.15) is 0 Å². The van der Waals surface area contributed by atoms with Crippen LogP contribution in [0.3, 0.4) is 0 Å². The quantitative estimate of drug-likeness (QED) is 0.552. The zero-order valence-corrected chi connectivity index (χ0v) is 15.3. The summed E-state index contributed by atoms with van der Waals surface area (Å²) in [6.45, 7) is 4.55. The molecule has 0 amide bonds. The number of hydrogen-bond donors (Lipinski definition) is 3. The molecule has 1 saturated carbocycles. The molecular formula is C19H32N4O. The van der Waals surface area contributed by atoms with Crippen molar-refractivity contribution in [2.75, 3.05) is 20.6 Å². The second kappa shape index (κ2) is 9.64. The molecule has 1 aliphatic carbocycles. The van der Waals surface area contributed by atoms with Gasteiger partial charge in [0.15, 0.2) is 5.96 Å². The lowest BCUT2D eigenvalue weighted by molar-refractivity contribution is 0.120. The number of benzene rings is 1. The maximum absolute atomic E-state index is 9.63. The Kier molecular flexibility index (Phi) is 7.53. The minimum Gasteiger partial charge on any atom is -0.393 e. The fourth-order valence-electron chi connectivity index (χ4n) is 3.10. The Morgan fingerprint density at radius 2 is 1.92 bits per heavy atom. The maximum Gasteiger partial charge on any atom is 0.191 e. The molecule has 24 heavy (non-hydrogen) atoms. The summed E-state index contributed by atoms with van der Waals surface area (Å²) in [5, 5.41) is 16.5. The molecule has 0 spiro atoms. The Morgan fingerprint density at radius 1 is 1.21 bits per heavy atom. The van der Waals surface area contributed by atoms with Crippen molar-refractivity contribution < 1.29 is 5.11 Å². The summed E-state index contributed by atoms with van der Waals surface area (Å²) in [4.78, 5) is 6.91. The van der Waals surface area contributed by atoms with Crippen molar-refractivity contribution in [1.29, 1.82) is 0 Å². The largest absolute Gasteiger partial charge is 0.393 e. The normalized spacial score (nSPS) is 21.8. The van der Waals surface area contributed by atoms with E-state index in [4.69, 9.17) is 4.99 Å². The molecule has 0 aromatic heterocycles. The fraction of sp³-hybridized carbons (Fsp3) is 0.632. The highest BCUT2D eigenvalue weighted by atomic mass is 16.3. The van der Waals surface area contributed by atoms with Crippen LogP contribution in [0.4, 0.5) is 0 Å².